The molecule has 22 heavy (non-hydrogen) atoms. The topological polar surface area (TPSA) is 73.9 Å². The van der Waals surface area contributed by atoms with Crippen LogP contribution in [0.1, 0.15) is 25.5 Å². The highest BCUT2D eigenvalue weighted by molar-refractivity contribution is 5.85. The first-order valence-electron chi connectivity index (χ1n) is 7.08. The van der Waals surface area contributed by atoms with Crippen molar-refractivity contribution in [3.63, 3.8) is 0 Å². The van der Waals surface area contributed by atoms with Crippen LogP contribution in [-0.4, -0.2) is 31.7 Å². The van der Waals surface area contributed by atoms with Gasteiger partial charge in [0.15, 0.2) is 18.1 Å². The third-order valence-electron chi connectivity index (χ3n) is 3.09. The van der Waals surface area contributed by atoms with Gasteiger partial charge in [-0.15, -0.1) is 0 Å². The van der Waals surface area contributed by atoms with Crippen molar-refractivity contribution in [3.8, 4) is 11.5 Å². The van der Waals surface area contributed by atoms with E-state index in [1.165, 1.54) is 6.08 Å². The molecule has 2 rings (SSSR count). The number of esters is 1. The molecule has 0 spiro atoms. The second kappa shape index (κ2) is 7.49. The number of amides is 1. The number of nitrogens with one attached hydrogen (secondary N) is 1. The Kier molecular flexibility index (Phi) is 5.41. The Morgan fingerprint density at radius 3 is 2.77 bits per heavy atom. The van der Waals surface area contributed by atoms with Crippen LogP contribution in [0.3, 0.4) is 0 Å². The third-order valence-corrected chi connectivity index (χ3v) is 3.09. The first-order valence-corrected chi connectivity index (χ1v) is 7.08. The monoisotopic (exact) mass is 305 g/mol. The van der Waals surface area contributed by atoms with Gasteiger partial charge in [-0.2, -0.15) is 0 Å². The third kappa shape index (κ3) is 4.25. The van der Waals surface area contributed by atoms with E-state index in [0.717, 1.165) is 5.56 Å². The molecule has 1 N–H and O–H groups in total. The fourth-order valence-corrected chi connectivity index (χ4v) is 2.02. The van der Waals surface area contributed by atoms with Gasteiger partial charge in [0.1, 0.15) is 13.2 Å². The van der Waals surface area contributed by atoms with E-state index in [4.69, 9.17) is 14.2 Å². The van der Waals surface area contributed by atoms with E-state index >= 15 is 0 Å². The SMILES string of the molecule is C/C=C/C(=O)OCC(=O)NC(C)c1ccc2c(c1)OCCO2. The van der Waals surface area contributed by atoms with Crippen molar-refractivity contribution in [1.82, 2.24) is 5.32 Å². The fourth-order valence-electron chi connectivity index (χ4n) is 2.02. The summed E-state index contributed by atoms with van der Waals surface area (Å²) in [5, 5.41) is 2.76. The molecule has 1 amide bonds. The van der Waals surface area contributed by atoms with Crippen LogP contribution in [0, 0.1) is 0 Å². The van der Waals surface area contributed by atoms with Gasteiger partial charge >= 0.3 is 5.97 Å². The average molecular weight is 305 g/mol. The number of hydrogen-bond donors (Lipinski definition) is 1. The summed E-state index contributed by atoms with van der Waals surface area (Å²) in [4.78, 5) is 22.9. The number of hydrogen-bond acceptors (Lipinski definition) is 5. The Bertz CT molecular complexity index is 582. The number of carbonyl (C=O) groups is 2. The molecule has 0 aliphatic carbocycles. The number of ether oxygens (including phenoxy) is 3. The Hall–Kier alpha value is -2.50. The summed E-state index contributed by atoms with van der Waals surface area (Å²) in [6, 6.07) is 5.29. The van der Waals surface area contributed by atoms with Crippen molar-refractivity contribution < 1.29 is 23.8 Å². The molecule has 1 aliphatic rings. The van der Waals surface area contributed by atoms with Crippen molar-refractivity contribution in [1.29, 1.82) is 0 Å². The lowest BCUT2D eigenvalue weighted by Gasteiger charge is -2.21. The molecule has 0 radical (unpaired) electrons. The van der Waals surface area contributed by atoms with Crippen molar-refractivity contribution in [2.45, 2.75) is 19.9 Å². The molecule has 1 atom stereocenters. The molecule has 0 saturated carbocycles. The molecular weight excluding hydrogens is 286 g/mol. The van der Waals surface area contributed by atoms with Crippen molar-refractivity contribution >= 4 is 11.9 Å². The molecule has 1 aromatic rings. The van der Waals surface area contributed by atoms with E-state index in [1.54, 1.807) is 13.0 Å². The van der Waals surface area contributed by atoms with E-state index < -0.39 is 5.97 Å². The maximum atomic E-state index is 11.8. The second-order valence-corrected chi connectivity index (χ2v) is 4.80. The first-order chi connectivity index (χ1) is 10.6. The van der Waals surface area contributed by atoms with Gasteiger partial charge < -0.3 is 19.5 Å². The molecule has 6 nitrogen and oxygen atoms in total. The van der Waals surface area contributed by atoms with Gasteiger partial charge in [-0.25, -0.2) is 4.79 Å². The summed E-state index contributed by atoms with van der Waals surface area (Å²) in [5.74, 6) is 0.475. The van der Waals surface area contributed by atoms with E-state index in [2.05, 4.69) is 5.32 Å². The average Bonchev–Trinajstić information content (AvgIpc) is 2.52. The maximum Gasteiger partial charge on any atom is 0.330 e. The predicted molar refractivity (Wildman–Crippen MR) is 79.8 cm³/mol. The van der Waals surface area contributed by atoms with Gasteiger partial charge in [-0.3, -0.25) is 4.79 Å². The number of benzene rings is 1. The van der Waals surface area contributed by atoms with Crippen LogP contribution >= 0.6 is 0 Å². The molecule has 1 heterocycles. The highest BCUT2D eigenvalue weighted by atomic mass is 16.6. The van der Waals surface area contributed by atoms with Crippen LogP contribution in [0.5, 0.6) is 11.5 Å². The smallest absolute Gasteiger partial charge is 0.330 e. The molecule has 1 aliphatic heterocycles. The molecule has 0 bridgehead atoms. The summed E-state index contributed by atoms with van der Waals surface area (Å²) in [5.41, 5.74) is 0.886. The zero-order valence-corrected chi connectivity index (χ0v) is 12.6. The summed E-state index contributed by atoms with van der Waals surface area (Å²) < 4.78 is 15.8. The summed E-state index contributed by atoms with van der Waals surface area (Å²) in [6.07, 6.45) is 2.82. The number of rotatable bonds is 5. The van der Waals surface area contributed by atoms with Crippen LogP contribution in [0.2, 0.25) is 0 Å². The maximum absolute atomic E-state index is 11.8. The van der Waals surface area contributed by atoms with E-state index in [-0.39, 0.29) is 18.6 Å². The molecule has 6 heteroatoms. The lowest BCUT2D eigenvalue weighted by molar-refractivity contribution is -0.144. The lowest BCUT2D eigenvalue weighted by atomic mass is 10.1. The van der Waals surface area contributed by atoms with Crippen LogP contribution in [0.15, 0.2) is 30.4 Å². The summed E-state index contributed by atoms with van der Waals surface area (Å²) >= 11 is 0. The Morgan fingerprint density at radius 1 is 1.32 bits per heavy atom. The molecule has 1 aromatic carbocycles. The Labute approximate surface area is 129 Å². The molecule has 0 saturated heterocycles. The van der Waals surface area contributed by atoms with Crippen molar-refractivity contribution in [3.05, 3.63) is 35.9 Å². The minimum Gasteiger partial charge on any atom is -0.486 e. The van der Waals surface area contributed by atoms with Crippen LogP contribution in [0.25, 0.3) is 0 Å². The van der Waals surface area contributed by atoms with Gasteiger partial charge in [0.2, 0.25) is 0 Å². The fraction of sp³-hybridized carbons (Fsp3) is 0.375. The molecule has 0 fully saturated rings. The molecule has 0 aromatic heterocycles. The van der Waals surface area contributed by atoms with Gasteiger partial charge in [0.05, 0.1) is 6.04 Å². The quantitative estimate of drug-likeness (QED) is 0.663. The van der Waals surface area contributed by atoms with Crippen LogP contribution < -0.4 is 14.8 Å². The highest BCUT2D eigenvalue weighted by Crippen LogP contribution is 2.32. The predicted octanol–water partition coefficient (Wildman–Crippen LogP) is 1.75. The normalized spacial score (nSPS) is 14.5. The highest BCUT2D eigenvalue weighted by Gasteiger charge is 2.16. The standard InChI is InChI=1S/C16H19NO5/c1-3-4-16(19)22-10-15(18)17-11(2)12-5-6-13-14(9-12)21-8-7-20-13/h3-6,9,11H,7-8,10H2,1-2H3,(H,17,18)/b4-3+. The van der Waals surface area contributed by atoms with Gasteiger partial charge in [-0.05, 0) is 31.5 Å². The lowest BCUT2D eigenvalue weighted by Crippen LogP contribution is -2.31. The largest absolute Gasteiger partial charge is 0.486 e. The number of allylic oxidation sites excluding steroid dienone is 1. The van der Waals surface area contributed by atoms with Gasteiger partial charge in [-0.1, -0.05) is 12.1 Å². The van der Waals surface area contributed by atoms with E-state index in [1.807, 2.05) is 25.1 Å². The molecule has 118 valence electrons. The first kappa shape index (κ1) is 15.9. The number of fused-ring (bicyclic) bond motifs is 1. The molecule has 1 unspecified atom stereocenters. The van der Waals surface area contributed by atoms with Gasteiger partial charge in [0, 0.05) is 6.08 Å². The number of carbonyl (C=O) groups excluding carboxylic acids is 2. The zero-order chi connectivity index (χ0) is 15.9. The summed E-state index contributed by atoms with van der Waals surface area (Å²) in [7, 11) is 0. The van der Waals surface area contributed by atoms with Crippen LogP contribution in [-0.2, 0) is 14.3 Å². The van der Waals surface area contributed by atoms with Crippen molar-refractivity contribution in [2.24, 2.45) is 0 Å². The minimum atomic E-state index is -0.537. The van der Waals surface area contributed by atoms with Crippen LogP contribution in [0.4, 0.5) is 0 Å². The Balaban J connectivity index is 1.90. The van der Waals surface area contributed by atoms with E-state index in [9.17, 15) is 9.59 Å². The second-order valence-electron chi connectivity index (χ2n) is 4.80. The zero-order valence-electron chi connectivity index (χ0n) is 12.6. The Morgan fingerprint density at radius 2 is 2.05 bits per heavy atom. The van der Waals surface area contributed by atoms with Crippen molar-refractivity contribution in [2.75, 3.05) is 19.8 Å². The molecular formula is C16H19NO5. The minimum absolute atomic E-state index is 0.233. The van der Waals surface area contributed by atoms with E-state index in [0.29, 0.717) is 24.7 Å². The summed E-state index contributed by atoms with van der Waals surface area (Å²) in [6.45, 7) is 4.29. The van der Waals surface area contributed by atoms with Gasteiger partial charge in [0.25, 0.3) is 5.91 Å².